The molecule has 0 aliphatic heterocycles. The molecule has 1 heterocycles. The summed E-state index contributed by atoms with van der Waals surface area (Å²) in [4.78, 5) is 3.99. The van der Waals surface area contributed by atoms with Crippen LogP contribution in [0.4, 0.5) is 8.78 Å². The van der Waals surface area contributed by atoms with Crippen LogP contribution in [0.2, 0.25) is 0 Å². The number of rotatable bonds is 3. The first-order valence-corrected chi connectivity index (χ1v) is 4.40. The van der Waals surface area contributed by atoms with Gasteiger partial charge in [0.15, 0.2) is 0 Å². The summed E-state index contributed by atoms with van der Waals surface area (Å²) in [7, 11) is 0. The largest absolute Gasteiger partial charge is 0.320 e. The second-order valence-electron chi connectivity index (χ2n) is 3.79. The minimum atomic E-state index is -2.52. The number of hydrogen-bond acceptors (Lipinski definition) is 2. The Balaban J connectivity index is 2.78. The summed E-state index contributed by atoms with van der Waals surface area (Å²) in [5.74, 6) is 0. The monoisotopic (exact) mass is 200 g/mol. The van der Waals surface area contributed by atoms with Crippen molar-refractivity contribution < 1.29 is 8.78 Å². The SMILES string of the molecule is Cc1cc(CC(C)(N)C(F)F)ccn1. The van der Waals surface area contributed by atoms with Crippen molar-refractivity contribution in [3.05, 3.63) is 29.6 Å². The predicted octanol–water partition coefficient (Wildman–Crippen LogP) is 1.92. The third kappa shape index (κ3) is 2.73. The normalized spacial score (nSPS) is 15.6. The van der Waals surface area contributed by atoms with Crippen LogP contribution in [0.5, 0.6) is 0 Å². The van der Waals surface area contributed by atoms with Crippen LogP contribution in [0.25, 0.3) is 0 Å². The molecule has 0 spiro atoms. The molecule has 2 nitrogen and oxygen atoms in total. The lowest BCUT2D eigenvalue weighted by molar-refractivity contribution is 0.0639. The molecule has 0 aliphatic rings. The Kier molecular flexibility index (Phi) is 3.16. The van der Waals surface area contributed by atoms with Gasteiger partial charge in [-0.2, -0.15) is 0 Å². The molecule has 0 saturated carbocycles. The number of nitrogens with two attached hydrogens (primary N) is 1. The maximum Gasteiger partial charge on any atom is 0.256 e. The maximum atomic E-state index is 12.5. The molecular formula is C10H14F2N2. The maximum absolute atomic E-state index is 12.5. The van der Waals surface area contributed by atoms with Crippen LogP contribution in [-0.2, 0) is 6.42 Å². The topological polar surface area (TPSA) is 38.9 Å². The summed E-state index contributed by atoms with van der Waals surface area (Å²) in [5, 5.41) is 0. The van der Waals surface area contributed by atoms with Crippen LogP contribution in [0.15, 0.2) is 18.3 Å². The van der Waals surface area contributed by atoms with Gasteiger partial charge in [-0.25, -0.2) is 8.78 Å². The van der Waals surface area contributed by atoms with Crippen LogP contribution in [0, 0.1) is 6.92 Å². The molecule has 0 aromatic carbocycles. The van der Waals surface area contributed by atoms with Crippen LogP contribution in [0.1, 0.15) is 18.2 Å². The highest BCUT2D eigenvalue weighted by Crippen LogP contribution is 2.18. The van der Waals surface area contributed by atoms with E-state index in [1.54, 1.807) is 18.3 Å². The summed E-state index contributed by atoms with van der Waals surface area (Å²) in [6, 6.07) is 3.48. The molecular weight excluding hydrogens is 186 g/mol. The second-order valence-corrected chi connectivity index (χ2v) is 3.79. The molecule has 1 unspecified atom stereocenters. The van der Waals surface area contributed by atoms with E-state index in [0.29, 0.717) is 0 Å². The quantitative estimate of drug-likeness (QED) is 0.809. The van der Waals surface area contributed by atoms with E-state index in [-0.39, 0.29) is 6.42 Å². The fourth-order valence-electron chi connectivity index (χ4n) is 1.23. The van der Waals surface area contributed by atoms with E-state index in [9.17, 15) is 8.78 Å². The van der Waals surface area contributed by atoms with Gasteiger partial charge >= 0.3 is 0 Å². The molecule has 14 heavy (non-hydrogen) atoms. The van der Waals surface area contributed by atoms with E-state index in [4.69, 9.17) is 5.73 Å². The Labute approximate surface area is 82.1 Å². The highest BCUT2D eigenvalue weighted by atomic mass is 19.3. The van der Waals surface area contributed by atoms with Gasteiger partial charge in [-0.1, -0.05) is 0 Å². The van der Waals surface area contributed by atoms with E-state index in [1.807, 2.05) is 6.92 Å². The number of alkyl halides is 2. The lowest BCUT2D eigenvalue weighted by Gasteiger charge is -2.23. The molecule has 0 aliphatic carbocycles. The summed E-state index contributed by atoms with van der Waals surface area (Å²) >= 11 is 0. The Morgan fingerprint density at radius 2 is 2.21 bits per heavy atom. The lowest BCUT2D eigenvalue weighted by Crippen LogP contribution is -2.45. The Morgan fingerprint density at radius 3 is 2.71 bits per heavy atom. The van der Waals surface area contributed by atoms with E-state index in [1.165, 1.54) is 6.92 Å². The lowest BCUT2D eigenvalue weighted by atomic mass is 9.95. The van der Waals surface area contributed by atoms with Crippen LogP contribution in [-0.4, -0.2) is 16.9 Å². The van der Waals surface area contributed by atoms with Gasteiger partial charge in [0.1, 0.15) is 0 Å². The van der Waals surface area contributed by atoms with Crippen molar-refractivity contribution in [2.45, 2.75) is 32.2 Å². The Bertz CT molecular complexity index is 311. The fourth-order valence-corrected chi connectivity index (χ4v) is 1.23. The predicted molar refractivity (Wildman–Crippen MR) is 51.3 cm³/mol. The fraction of sp³-hybridized carbons (Fsp3) is 0.500. The first-order chi connectivity index (χ1) is 6.42. The molecule has 0 saturated heterocycles. The third-order valence-electron chi connectivity index (χ3n) is 2.04. The zero-order valence-corrected chi connectivity index (χ0v) is 8.30. The molecule has 1 rings (SSSR count). The molecule has 0 bridgehead atoms. The highest BCUT2D eigenvalue weighted by molar-refractivity contribution is 5.18. The molecule has 1 aromatic heterocycles. The Hall–Kier alpha value is -1.03. The number of halogens is 2. The summed E-state index contributed by atoms with van der Waals surface area (Å²) in [6.07, 6.45) is -0.753. The van der Waals surface area contributed by atoms with Gasteiger partial charge in [-0.3, -0.25) is 4.98 Å². The molecule has 0 radical (unpaired) electrons. The first kappa shape index (κ1) is 11.0. The first-order valence-electron chi connectivity index (χ1n) is 4.40. The van der Waals surface area contributed by atoms with Crippen molar-refractivity contribution in [1.29, 1.82) is 0 Å². The summed E-state index contributed by atoms with van der Waals surface area (Å²) < 4.78 is 24.9. The van der Waals surface area contributed by atoms with Gasteiger partial charge in [0.05, 0.1) is 5.54 Å². The Morgan fingerprint density at radius 1 is 1.57 bits per heavy atom. The van der Waals surface area contributed by atoms with Crippen LogP contribution in [0.3, 0.4) is 0 Å². The van der Waals surface area contributed by atoms with E-state index < -0.39 is 12.0 Å². The highest BCUT2D eigenvalue weighted by Gasteiger charge is 2.30. The number of nitrogens with zero attached hydrogens (tertiary/aromatic N) is 1. The number of hydrogen-bond donors (Lipinski definition) is 1. The van der Waals surface area contributed by atoms with Crippen molar-refractivity contribution >= 4 is 0 Å². The van der Waals surface area contributed by atoms with Crippen molar-refractivity contribution in [3.8, 4) is 0 Å². The molecule has 1 atom stereocenters. The van der Waals surface area contributed by atoms with Gasteiger partial charge in [-0.05, 0) is 38.0 Å². The van der Waals surface area contributed by atoms with Crippen LogP contribution >= 0.6 is 0 Å². The van der Waals surface area contributed by atoms with Gasteiger partial charge in [0, 0.05) is 11.9 Å². The zero-order valence-electron chi connectivity index (χ0n) is 8.30. The van der Waals surface area contributed by atoms with Gasteiger partial charge in [0.2, 0.25) is 0 Å². The van der Waals surface area contributed by atoms with Gasteiger partial charge in [-0.15, -0.1) is 0 Å². The molecule has 1 aromatic rings. The number of aromatic nitrogens is 1. The molecule has 78 valence electrons. The number of pyridine rings is 1. The zero-order chi connectivity index (χ0) is 10.8. The average Bonchev–Trinajstić information content (AvgIpc) is 2.02. The third-order valence-corrected chi connectivity index (χ3v) is 2.04. The van der Waals surface area contributed by atoms with Crippen molar-refractivity contribution in [3.63, 3.8) is 0 Å². The van der Waals surface area contributed by atoms with E-state index in [2.05, 4.69) is 4.98 Å². The minimum Gasteiger partial charge on any atom is -0.320 e. The molecule has 2 N–H and O–H groups in total. The van der Waals surface area contributed by atoms with Gasteiger partial charge in [0.25, 0.3) is 6.43 Å². The van der Waals surface area contributed by atoms with E-state index in [0.717, 1.165) is 11.3 Å². The van der Waals surface area contributed by atoms with Crippen molar-refractivity contribution in [2.75, 3.05) is 0 Å². The average molecular weight is 200 g/mol. The number of aryl methyl sites for hydroxylation is 1. The van der Waals surface area contributed by atoms with Crippen LogP contribution < -0.4 is 5.73 Å². The molecule has 0 amide bonds. The molecule has 4 heteroatoms. The summed E-state index contributed by atoms with van der Waals surface area (Å²) in [5.41, 5.74) is 5.61. The smallest absolute Gasteiger partial charge is 0.256 e. The van der Waals surface area contributed by atoms with E-state index >= 15 is 0 Å². The van der Waals surface area contributed by atoms with Crippen molar-refractivity contribution in [1.82, 2.24) is 4.98 Å². The van der Waals surface area contributed by atoms with Crippen molar-refractivity contribution in [2.24, 2.45) is 5.73 Å². The summed E-state index contributed by atoms with van der Waals surface area (Å²) in [6.45, 7) is 3.17. The standard InChI is InChI=1S/C10H14F2N2/c1-7-5-8(3-4-14-7)6-10(2,13)9(11)12/h3-5,9H,6,13H2,1-2H3. The second kappa shape index (κ2) is 4.00. The van der Waals surface area contributed by atoms with Gasteiger partial charge < -0.3 is 5.73 Å². The molecule has 0 fully saturated rings. The minimum absolute atomic E-state index is 0.161.